The van der Waals surface area contributed by atoms with Gasteiger partial charge in [0.2, 0.25) is 5.91 Å². The van der Waals surface area contributed by atoms with Gasteiger partial charge in [-0.05, 0) is 54.6 Å². The number of nitrogens with one attached hydrogen (secondary N) is 1. The second kappa shape index (κ2) is 8.06. The summed E-state index contributed by atoms with van der Waals surface area (Å²) >= 11 is 7.03. The van der Waals surface area contributed by atoms with Crippen LogP contribution in [0.3, 0.4) is 0 Å². The summed E-state index contributed by atoms with van der Waals surface area (Å²) in [5, 5.41) is 12.1. The van der Waals surface area contributed by atoms with Gasteiger partial charge in [0, 0.05) is 15.6 Å². The van der Waals surface area contributed by atoms with Gasteiger partial charge < -0.3 is 5.32 Å². The lowest BCUT2D eigenvalue weighted by Crippen LogP contribution is -2.28. The molecule has 1 amide bonds. The van der Waals surface area contributed by atoms with E-state index in [9.17, 15) is 14.0 Å². The second-order valence-electron chi connectivity index (χ2n) is 6.00. The number of fused-ring (bicyclic) bond motifs is 1. The summed E-state index contributed by atoms with van der Waals surface area (Å²) in [6.45, 7) is -0.267. The van der Waals surface area contributed by atoms with E-state index < -0.39 is 11.6 Å². The van der Waals surface area contributed by atoms with Crippen molar-refractivity contribution >= 4 is 40.6 Å². The van der Waals surface area contributed by atoms with E-state index in [0.29, 0.717) is 26.3 Å². The molecule has 0 unspecified atom stereocenters. The number of carbonyl (C=O) groups excluding carboxylic acids is 1. The first-order valence-electron chi connectivity index (χ1n) is 8.44. The number of hydrogen-bond donors (Lipinski definition) is 1. The van der Waals surface area contributed by atoms with E-state index in [-0.39, 0.29) is 12.4 Å². The van der Waals surface area contributed by atoms with Crippen molar-refractivity contribution < 1.29 is 9.18 Å². The van der Waals surface area contributed by atoms with Crippen LogP contribution in [0.2, 0.25) is 5.02 Å². The van der Waals surface area contributed by atoms with Crippen LogP contribution in [0.15, 0.2) is 75.4 Å². The van der Waals surface area contributed by atoms with Crippen molar-refractivity contribution in [2.45, 2.75) is 16.5 Å². The molecule has 0 aliphatic heterocycles. The molecule has 4 aromatic rings. The van der Waals surface area contributed by atoms with Gasteiger partial charge in [-0.25, -0.2) is 13.9 Å². The number of anilines is 1. The lowest BCUT2D eigenvalue weighted by Gasteiger charge is -2.04. The third-order valence-corrected chi connectivity index (χ3v) is 5.02. The quantitative estimate of drug-likeness (QED) is 0.525. The van der Waals surface area contributed by atoms with Crippen molar-refractivity contribution in [2.75, 3.05) is 5.32 Å². The number of benzene rings is 2. The first kappa shape index (κ1) is 19.2. The molecule has 2 aromatic carbocycles. The maximum atomic E-state index is 13.3. The molecule has 0 aliphatic carbocycles. The van der Waals surface area contributed by atoms with Crippen LogP contribution >= 0.6 is 23.4 Å². The number of aromatic nitrogens is 4. The molecule has 29 heavy (non-hydrogen) atoms. The van der Waals surface area contributed by atoms with Crippen molar-refractivity contribution in [3.05, 3.63) is 82.0 Å². The van der Waals surface area contributed by atoms with Crippen LogP contribution in [0, 0.1) is 5.82 Å². The Morgan fingerprint density at radius 2 is 1.90 bits per heavy atom. The number of nitrogens with zero attached hydrogens (tertiary/aromatic N) is 4. The summed E-state index contributed by atoms with van der Waals surface area (Å²) in [5.41, 5.74) is 0.314. The summed E-state index contributed by atoms with van der Waals surface area (Å²) in [6.07, 6.45) is 0. The zero-order chi connectivity index (χ0) is 20.4. The zero-order valence-corrected chi connectivity index (χ0v) is 16.3. The Kier molecular flexibility index (Phi) is 5.32. The highest BCUT2D eigenvalue weighted by atomic mass is 35.5. The van der Waals surface area contributed by atoms with Crippen molar-refractivity contribution in [3.63, 3.8) is 0 Å². The smallest absolute Gasteiger partial charge is 0.324 e. The summed E-state index contributed by atoms with van der Waals surface area (Å²) in [5.74, 6) is -0.764. The van der Waals surface area contributed by atoms with Crippen LogP contribution in [0.5, 0.6) is 0 Å². The molecule has 7 nitrogen and oxygen atoms in total. The molecule has 10 heteroatoms. The Morgan fingerprint density at radius 3 is 2.66 bits per heavy atom. The third kappa shape index (κ3) is 4.47. The fourth-order valence-corrected chi connectivity index (χ4v) is 3.51. The average molecular weight is 430 g/mol. The van der Waals surface area contributed by atoms with Crippen LogP contribution in [-0.4, -0.2) is 25.3 Å². The highest BCUT2D eigenvalue weighted by Gasteiger charge is 2.13. The van der Waals surface area contributed by atoms with E-state index in [1.807, 2.05) is 0 Å². The highest BCUT2D eigenvalue weighted by Crippen LogP contribution is 2.26. The van der Waals surface area contributed by atoms with Crippen LogP contribution in [0.25, 0.3) is 5.65 Å². The summed E-state index contributed by atoms with van der Waals surface area (Å²) in [7, 11) is 0. The normalized spacial score (nSPS) is 11.0. The standard InChI is InChI=1S/C19H13ClFN5O2S/c20-12-4-6-14(7-5-12)22-17(27)11-25-19(28)26-16(23-25)8-9-18(24-26)29-15-3-1-2-13(21)10-15/h1-10H,11H2,(H,22,27). The Morgan fingerprint density at radius 1 is 1.10 bits per heavy atom. The average Bonchev–Trinajstić information content (AvgIpc) is 2.99. The van der Waals surface area contributed by atoms with Crippen LogP contribution in [0.1, 0.15) is 0 Å². The zero-order valence-electron chi connectivity index (χ0n) is 14.8. The van der Waals surface area contributed by atoms with E-state index in [1.165, 1.54) is 23.9 Å². The van der Waals surface area contributed by atoms with Crippen molar-refractivity contribution in [2.24, 2.45) is 0 Å². The molecule has 0 spiro atoms. The van der Waals surface area contributed by atoms with Gasteiger partial charge >= 0.3 is 5.69 Å². The highest BCUT2D eigenvalue weighted by molar-refractivity contribution is 7.99. The minimum absolute atomic E-state index is 0.267. The molecular formula is C19H13ClFN5O2S. The van der Waals surface area contributed by atoms with Gasteiger partial charge in [0.05, 0.1) is 0 Å². The fraction of sp³-hybridized carbons (Fsp3) is 0.0526. The van der Waals surface area contributed by atoms with Crippen LogP contribution < -0.4 is 11.0 Å². The number of amides is 1. The molecule has 2 heterocycles. The molecule has 0 aliphatic rings. The fourth-order valence-electron chi connectivity index (χ4n) is 2.57. The summed E-state index contributed by atoms with van der Waals surface area (Å²) in [4.78, 5) is 25.4. The Bertz CT molecular complexity index is 1260. The van der Waals surface area contributed by atoms with Crippen LogP contribution in [-0.2, 0) is 11.3 Å². The second-order valence-corrected chi connectivity index (χ2v) is 7.53. The first-order chi connectivity index (χ1) is 14.0. The molecule has 1 N–H and O–H groups in total. The molecule has 0 radical (unpaired) electrons. The van der Waals surface area contributed by atoms with Gasteiger partial charge in [0.15, 0.2) is 5.65 Å². The van der Waals surface area contributed by atoms with E-state index in [0.717, 1.165) is 9.20 Å². The molecule has 4 rings (SSSR count). The van der Waals surface area contributed by atoms with Crippen LogP contribution in [0.4, 0.5) is 10.1 Å². The first-order valence-corrected chi connectivity index (χ1v) is 9.63. The SMILES string of the molecule is O=C(Cn1nc2ccc(Sc3cccc(F)c3)nn2c1=O)Nc1ccc(Cl)cc1. The van der Waals surface area contributed by atoms with Gasteiger partial charge in [-0.15, -0.1) is 5.10 Å². The summed E-state index contributed by atoms with van der Waals surface area (Å²) < 4.78 is 15.5. The molecule has 0 fully saturated rings. The van der Waals surface area contributed by atoms with E-state index in [2.05, 4.69) is 15.5 Å². The number of carbonyl (C=O) groups is 1. The largest absolute Gasteiger partial charge is 0.367 e. The van der Waals surface area contributed by atoms with Gasteiger partial charge in [0.1, 0.15) is 17.4 Å². The number of hydrogen-bond acceptors (Lipinski definition) is 5. The van der Waals surface area contributed by atoms with Gasteiger partial charge in [-0.3, -0.25) is 4.79 Å². The molecule has 146 valence electrons. The van der Waals surface area contributed by atoms with Crippen molar-refractivity contribution in [1.82, 2.24) is 19.4 Å². The number of halogens is 2. The Labute approximate surface area is 173 Å². The van der Waals surface area contributed by atoms with Gasteiger partial charge in [0.25, 0.3) is 0 Å². The molecular weight excluding hydrogens is 417 g/mol. The summed E-state index contributed by atoms with van der Waals surface area (Å²) in [6, 6.07) is 16.0. The Hall–Kier alpha value is -3.17. The van der Waals surface area contributed by atoms with Crippen molar-refractivity contribution in [3.8, 4) is 0 Å². The van der Waals surface area contributed by atoms with E-state index in [1.54, 1.807) is 48.5 Å². The third-order valence-electron chi connectivity index (χ3n) is 3.86. The van der Waals surface area contributed by atoms with E-state index in [4.69, 9.17) is 11.6 Å². The maximum absolute atomic E-state index is 13.3. The maximum Gasteiger partial charge on any atom is 0.367 e. The lowest BCUT2D eigenvalue weighted by atomic mass is 10.3. The van der Waals surface area contributed by atoms with E-state index >= 15 is 0 Å². The monoisotopic (exact) mass is 429 g/mol. The topological polar surface area (TPSA) is 81.3 Å². The minimum atomic E-state index is -0.548. The molecule has 2 aromatic heterocycles. The molecule has 0 atom stereocenters. The van der Waals surface area contributed by atoms with Crippen molar-refractivity contribution in [1.29, 1.82) is 0 Å². The van der Waals surface area contributed by atoms with Gasteiger partial charge in [-0.1, -0.05) is 29.4 Å². The minimum Gasteiger partial charge on any atom is -0.324 e. The predicted octanol–water partition coefficient (Wildman–Crippen LogP) is 3.47. The molecule has 0 saturated heterocycles. The molecule has 0 saturated carbocycles. The predicted molar refractivity (Wildman–Crippen MR) is 108 cm³/mol. The molecule has 0 bridgehead atoms. The Balaban J connectivity index is 1.53. The van der Waals surface area contributed by atoms with Gasteiger partial charge in [-0.2, -0.15) is 9.61 Å². The lowest BCUT2D eigenvalue weighted by molar-refractivity contribution is -0.117. The number of rotatable bonds is 5.